The Kier molecular flexibility index (Phi) is 5.66. The van der Waals surface area contributed by atoms with Crippen molar-refractivity contribution in [1.29, 1.82) is 0 Å². The van der Waals surface area contributed by atoms with Crippen LogP contribution in [0.2, 0.25) is 0 Å². The van der Waals surface area contributed by atoms with Crippen LogP contribution in [-0.2, 0) is 16.1 Å². The molecule has 0 radical (unpaired) electrons. The zero-order valence-corrected chi connectivity index (χ0v) is 10.1. The first kappa shape index (κ1) is 13.7. The summed E-state index contributed by atoms with van der Waals surface area (Å²) in [6.45, 7) is 2.22. The predicted octanol–water partition coefficient (Wildman–Crippen LogP) is 1.18. The monoisotopic (exact) mass is 236 g/mol. The molecule has 0 aliphatic heterocycles. The number of hydrogen-bond donors (Lipinski definition) is 2. The van der Waals surface area contributed by atoms with Crippen molar-refractivity contribution in [2.45, 2.75) is 38.5 Å². The Labute approximate surface area is 102 Å². The van der Waals surface area contributed by atoms with Crippen LogP contribution in [0.1, 0.15) is 25.3 Å². The Bertz CT molecular complexity index is 341. The highest BCUT2D eigenvalue weighted by molar-refractivity contribution is 5.75. The molecule has 1 rings (SSSR count). The van der Waals surface area contributed by atoms with E-state index >= 15 is 0 Å². The fraction of sp³-hybridized carbons (Fsp3) is 0.462. The molecule has 0 spiro atoms. The molecule has 4 nitrogen and oxygen atoms in total. The molecule has 1 aromatic rings. The Hall–Kier alpha value is -1.39. The van der Waals surface area contributed by atoms with Crippen molar-refractivity contribution in [1.82, 2.24) is 0 Å². The number of esters is 1. The van der Waals surface area contributed by atoms with Crippen LogP contribution in [0.25, 0.3) is 0 Å². The fourth-order valence-corrected chi connectivity index (χ4v) is 1.42. The zero-order chi connectivity index (χ0) is 12.7. The molecule has 0 heterocycles. The number of carbonyl (C=O) groups excluding carboxylic acids is 1. The summed E-state index contributed by atoms with van der Waals surface area (Å²) in [6, 6.07) is 8.83. The third-order valence-electron chi connectivity index (χ3n) is 2.61. The van der Waals surface area contributed by atoms with Crippen LogP contribution in [0.4, 0.5) is 0 Å². The minimum Gasteiger partial charge on any atom is -0.460 e. The lowest BCUT2D eigenvalue weighted by Crippen LogP contribution is -2.38. The SMILES string of the molecule is CC[C@H](N)C[C@H](N)C(=O)OCc1ccccc1. The minimum absolute atomic E-state index is 0.0470. The molecule has 4 N–H and O–H groups in total. The molecule has 0 bridgehead atoms. The number of hydrogen-bond acceptors (Lipinski definition) is 4. The molecule has 0 saturated heterocycles. The van der Waals surface area contributed by atoms with Crippen molar-refractivity contribution in [3.05, 3.63) is 35.9 Å². The highest BCUT2D eigenvalue weighted by atomic mass is 16.5. The average Bonchev–Trinajstić information content (AvgIpc) is 2.36. The van der Waals surface area contributed by atoms with Crippen molar-refractivity contribution in [2.75, 3.05) is 0 Å². The number of ether oxygens (including phenoxy) is 1. The molecule has 0 fully saturated rings. The van der Waals surface area contributed by atoms with E-state index in [1.54, 1.807) is 0 Å². The third kappa shape index (κ3) is 4.97. The van der Waals surface area contributed by atoms with Crippen LogP contribution >= 0.6 is 0 Å². The van der Waals surface area contributed by atoms with Gasteiger partial charge in [0.2, 0.25) is 0 Å². The molecule has 0 amide bonds. The molecule has 0 saturated carbocycles. The van der Waals surface area contributed by atoms with Crippen LogP contribution in [0.3, 0.4) is 0 Å². The number of carbonyl (C=O) groups is 1. The van der Waals surface area contributed by atoms with Crippen LogP contribution in [0, 0.1) is 0 Å². The van der Waals surface area contributed by atoms with Crippen LogP contribution < -0.4 is 11.5 Å². The van der Waals surface area contributed by atoms with Gasteiger partial charge < -0.3 is 16.2 Å². The highest BCUT2D eigenvalue weighted by Crippen LogP contribution is 2.04. The first-order valence-electron chi connectivity index (χ1n) is 5.85. The van der Waals surface area contributed by atoms with E-state index in [1.165, 1.54) is 0 Å². The second kappa shape index (κ2) is 7.04. The normalized spacial score (nSPS) is 14.1. The number of rotatable bonds is 6. The minimum atomic E-state index is -0.631. The van der Waals surface area contributed by atoms with Gasteiger partial charge in [0.15, 0.2) is 0 Å². The van der Waals surface area contributed by atoms with E-state index in [9.17, 15) is 4.79 Å². The topological polar surface area (TPSA) is 78.3 Å². The van der Waals surface area contributed by atoms with E-state index in [0.717, 1.165) is 12.0 Å². The molecule has 94 valence electrons. The molecule has 2 atom stereocenters. The summed E-state index contributed by atoms with van der Waals surface area (Å²) in [5, 5.41) is 0. The Morgan fingerprint density at radius 2 is 1.94 bits per heavy atom. The summed E-state index contributed by atoms with van der Waals surface area (Å²) >= 11 is 0. The lowest BCUT2D eigenvalue weighted by molar-refractivity contribution is -0.146. The molecule has 4 heteroatoms. The fourth-order valence-electron chi connectivity index (χ4n) is 1.42. The maximum Gasteiger partial charge on any atom is 0.323 e. The van der Waals surface area contributed by atoms with Gasteiger partial charge in [0.25, 0.3) is 0 Å². The van der Waals surface area contributed by atoms with Crippen molar-refractivity contribution in [2.24, 2.45) is 11.5 Å². The second-order valence-corrected chi connectivity index (χ2v) is 4.10. The van der Waals surface area contributed by atoms with Crippen molar-refractivity contribution < 1.29 is 9.53 Å². The lowest BCUT2D eigenvalue weighted by atomic mass is 10.1. The third-order valence-corrected chi connectivity index (χ3v) is 2.61. The molecule has 0 unspecified atom stereocenters. The van der Waals surface area contributed by atoms with Gasteiger partial charge in [0, 0.05) is 6.04 Å². The van der Waals surface area contributed by atoms with Gasteiger partial charge >= 0.3 is 5.97 Å². The summed E-state index contributed by atoms with van der Waals surface area (Å²) < 4.78 is 5.12. The molecule has 0 aliphatic carbocycles. The Balaban J connectivity index is 2.34. The summed E-state index contributed by atoms with van der Waals surface area (Å²) in [5.74, 6) is -0.391. The molecule has 0 aromatic heterocycles. The first-order valence-corrected chi connectivity index (χ1v) is 5.85. The largest absolute Gasteiger partial charge is 0.460 e. The molecule has 1 aromatic carbocycles. The summed E-state index contributed by atoms with van der Waals surface area (Å²) in [6.07, 6.45) is 1.27. The van der Waals surface area contributed by atoms with Crippen molar-refractivity contribution >= 4 is 5.97 Å². The average molecular weight is 236 g/mol. The number of nitrogens with two attached hydrogens (primary N) is 2. The molecular formula is C13H20N2O2. The second-order valence-electron chi connectivity index (χ2n) is 4.10. The van der Waals surface area contributed by atoms with E-state index in [1.807, 2.05) is 37.3 Å². The van der Waals surface area contributed by atoms with Crippen molar-refractivity contribution in [3.8, 4) is 0 Å². The van der Waals surface area contributed by atoms with Crippen LogP contribution in [0.5, 0.6) is 0 Å². The quantitative estimate of drug-likeness (QED) is 0.727. The molecule has 0 aliphatic rings. The molecular weight excluding hydrogens is 216 g/mol. The highest BCUT2D eigenvalue weighted by Gasteiger charge is 2.17. The van der Waals surface area contributed by atoms with Gasteiger partial charge in [-0.3, -0.25) is 4.79 Å². The van der Waals surface area contributed by atoms with E-state index < -0.39 is 12.0 Å². The first-order chi connectivity index (χ1) is 8.13. The van der Waals surface area contributed by atoms with E-state index in [0.29, 0.717) is 6.42 Å². The lowest BCUT2D eigenvalue weighted by Gasteiger charge is -2.15. The van der Waals surface area contributed by atoms with E-state index in [4.69, 9.17) is 16.2 Å². The number of benzene rings is 1. The summed E-state index contributed by atoms with van der Waals surface area (Å²) in [5.41, 5.74) is 12.4. The van der Waals surface area contributed by atoms with Gasteiger partial charge in [-0.1, -0.05) is 37.3 Å². The van der Waals surface area contributed by atoms with E-state index in [-0.39, 0.29) is 12.6 Å². The van der Waals surface area contributed by atoms with Crippen LogP contribution in [-0.4, -0.2) is 18.1 Å². The summed E-state index contributed by atoms with van der Waals surface area (Å²) in [7, 11) is 0. The van der Waals surface area contributed by atoms with Gasteiger partial charge in [-0.05, 0) is 18.4 Å². The summed E-state index contributed by atoms with van der Waals surface area (Å²) in [4.78, 5) is 11.6. The smallest absolute Gasteiger partial charge is 0.323 e. The maximum atomic E-state index is 11.6. The van der Waals surface area contributed by atoms with Gasteiger partial charge in [-0.15, -0.1) is 0 Å². The van der Waals surface area contributed by atoms with Crippen LogP contribution in [0.15, 0.2) is 30.3 Å². The van der Waals surface area contributed by atoms with Crippen molar-refractivity contribution in [3.63, 3.8) is 0 Å². The zero-order valence-electron chi connectivity index (χ0n) is 10.1. The van der Waals surface area contributed by atoms with Gasteiger partial charge in [0.05, 0.1) is 0 Å². The van der Waals surface area contributed by atoms with E-state index in [2.05, 4.69) is 0 Å². The Morgan fingerprint density at radius 3 is 2.53 bits per heavy atom. The van der Waals surface area contributed by atoms with Gasteiger partial charge in [-0.2, -0.15) is 0 Å². The maximum absolute atomic E-state index is 11.6. The predicted molar refractivity (Wildman–Crippen MR) is 67.1 cm³/mol. The molecule has 17 heavy (non-hydrogen) atoms. The Morgan fingerprint density at radius 1 is 1.29 bits per heavy atom. The van der Waals surface area contributed by atoms with Gasteiger partial charge in [-0.25, -0.2) is 0 Å². The standard InChI is InChI=1S/C13H20N2O2/c1-2-11(14)8-12(15)13(16)17-9-10-6-4-3-5-7-10/h3-7,11-12H,2,8-9,14-15H2,1H3/t11-,12-/m0/s1. The van der Waals surface area contributed by atoms with Gasteiger partial charge in [0.1, 0.15) is 12.6 Å².